The molecule has 2 heterocycles. The van der Waals surface area contributed by atoms with E-state index in [4.69, 9.17) is 10.1 Å². The largest absolute Gasteiger partial charge is 0.303 e. The van der Waals surface area contributed by atoms with Gasteiger partial charge in [0.1, 0.15) is 0 Å². The maximum atomic E-state index is 4.75. The molecule has 120 valence electrons. The molecule has 0 amide bonds. The molecule has 4 nitrogen and oxygen atoms in total. The quantitative estimate of drug-likeness (QED) is 0.913. The molecule has 1 N–H and O–H groups in total. The highest BCUT2D eigenvalue weighted by atomic mass is 32.1. The number of rotatable bonds is 5. The predicted octanol–water partition coefficient (Wildman–Crippen LogP) is 3.73. The van der Waals surface area contributed by atoms with E-state index in [0.717, 1.165) is 18.7 Å². The lowest BCUT2D eigenvalue weighted by molar-refractivity contribution is 0.536. The molecule has 0 aromatic carbocycles. The zero-order valence-electron chi connectivity index (χ0n) is 14.0. The summed E-state index contributed by atoms with van der Waals surface area (Å²) in [5.74, 6) is 0.509. The second-order valence-electron chi connectivity index (χ2n) is 6.57. The molecule has 0 saturated heterocycles. The number of thiazole rings is 1. The summed E-state index contributed by atoms with van der Waals surface area (Å²) in [6, 6.07) is 0.276. The summed E-state index contributed by atoms with van der Waals surface area (Å²) in [5, 5.41) is 11.7. The fourth-order valence-electron chi connectivity index (χ4n) is 3.09. The third-order valence-electron chi connectivity index (χ3n) is 4.50. The first kappa shape index (κ1) is 15.7. The summed E-state index contributed by atoms with van der Waals surface area (Å²) >= 11 is 1.77. The number of aromatic nitrogens is 3. The van der Waals surface area contributed by atoms with Crippen molar-refractivity contribution >= 4 is 11.3 Å². The van der Waals surface area contributed by atoms with Crippen LogP contribution in [0.5, 0.6) is 0 Å². The number of hydrogen-bond acceptors (Lipinski definition) is 4. The Morgan fingerprint density at radius 2 is 2.05 bits per heavy atom. The molecule has 5 heteroatoms. The standard InChI is InChI=1S/C17H26N4S/c1-11(2)17-19-15(10-22-17)12(3)18-9-16-13-7-5-6-8-14(13)20-21(16)4/h10-12,18H,5-9H2,1-4H3. The summed E-state index contributed by atoms with van der Waals surface area (Å²) in [6.45, 7) is 7.46. The lowest BCUT2D eigenvalue weighted by atomic mass is 9.96. The molecule has 1 aliphatic rings. The van der Waals surface area contributed by atoms with Crippen molar-refractivity contribution < 1.29 is 0 Å². The van der Waals surface area contributed by atoms with Crippen molar-refractivity contribution in [3.8, 4) is 0 Å². The molecule has 1 unspecified atom stereocenters. The molecule has 0 radical (unpaired) electrons. The Morgan fingerprint density at radius 1 is 1.27 bits per heavy atom. The third-order valence-corrected chi connectivity index (χ3v) is 5.66. The SMILES string of the molecule is CC(C)c1nc(C(C)NCc2c3c(nn2C)CCCC3)cs1. The molecule has 2 aromatic heterocycles. The molecule has 0 aliphatic heterocycles. The first-order valence-corrected chi connectivity index (χ1v) is 9.16. The highest BCUT2D eigenvalue weighted by Gasteiger charge is 2.20. The van der Waals surface area contributed by atoms with Gasteiger partial charge in [-0.1, -0.05) is 13.8 Å². The highest BCUT2D eigenvalue weighted by Crippen LogP contribution is 2.25. The van der Waals surface area contributed by atoms with E-state index >= 15 is 0 Å². The van der Waals surface area contributed by atoms with Crippen LogP contribution < -0.4 is 5.32 Å². The molecule has 3 rings (SSSR count). The van der Waals surface area contributed by atoms with Crippen LogP contribution in [-0.4, -0.2) is 14.8 Å². The van der Waals surface area contributed by atoms with Crippen molar-refractivity contribution in [3.63, 3.8) is 0 Å². The van der Waals surface area contributed by atoms with Gasteiger partial charge in [-0.15, -0.1) is 11.3 Å². The predicted molar refractivity (Wildman–Crippen MR) is 91.3 cm³/mol. The van der Waals surface area contributed by atoms with Crippen molar-refractivity contribution in [2.75, 3.05) is 0 Å². The van der Waals surface area contributed by atoms with E-state index < -0.39 is 0 Å². The van der Waals surface area contributed by atoms with Gasteiger partial charge in [0.25, 0.3) is 0 Å². The second kappa shape index (κ2) is 6.50. The molecule has 2 aromatic rings. The fourth-order valence-corrected chi connectivity index (χ4v) is 4.02. The van der Waals surface area contributed by atoms with Gasteiger partial charge < -0.3 is 5.32 Å². The van der Waals surface area contributed by atoms with Gasteiger partial charge >= 0.3 is 0 Å². The van der Waals surface area contributed by atoms with Gasteiger partial charge in [0, 0.05) is 30.9 Å². The van der Waals surface area contributed by atoms with Gasteiger partial charge in [0.2, 0.25) is 0 Å². The Hall–Kier alpha value is -1.20. The van der Waals surface area contributed by atoms with Gasteiger partial charge in [-0.25, -0.2) is 4.98 Å². The van der Waals surface area contributed by atoms with Crippen LogP contribution in [0, 0.1) is 0 Å². The molecule has 1 atom stereocenters. The average Bonchev–Trinajstić information content (AvgIpc) is 3.09. The van der Waals surface area contributed by atoms with Gasteiger partial charge in [0.15, 0.2) is 0 Å². The molecular weight excluding hydrogens is 292 g/mol. The van der Waals surface area contributed by atoms with E-state index in [2.05, 4.69) is 43.2 Å². The smallest absolute Gasteiger partial charge is 0.0954 e. The van der Waals surface area contributed by atoms with E-state index in [1.807, 2.05) is 0 Å². The zero-order chi connectivity index (χ0) is 15.7. The number of hydrogen-bond donors (Lipinski definition) is 1. The summed E-state index contributed by atoms with van der Waals surface area (Å²) < 4.78 is 2.07. The number of nitrogens with one attached hydrogen (secondary N) is 1. The maximum absolute atomic E-state index is 4.75. The lowest BCUT2D eigenvalue weighted by Gasteiger charge is -2.15. The van der Waals surface area contributed by atoms with Crippen LogP contribution in [0.4, 0.5) is 0 Å². The van der Waals surface area contributed by atoms with Gasteiger partial charge in [-0.05, 0) is 38.2 Å². The molecule has 22 heavy (non-hydrogen) atoms. The van der Waals surface area contributed by atoms with Crippen LogP contribution in [0.25, 0.3) is 0 Å². The molecule has 0 fully saturated rings. The first-order chi connectivity index (χ1) is 10.6. The summed E-state index contributed by atoms with van der Waals surface area (Å²) in [7, 11) is 2.07. The molecule has 0 bridgehead atoms. The van der Waals surface area contributed by atoms with Gasteiger partial charge in [0.05, 0.1) is 22.1 Å². The van der Waals surface area contributed by atoms with Crippen molar-refractivity contribution in [3.05, 3.63) is 33.0 Å². The van der Waals surface area contributed by atoms with Crippen LogP contribution in [0.3, 0.4) is 0 Å². The van der Waals surface area contributed by atoms with Gasteiger partial charge in [-0.2, -0.15) is 5.10 Å². The monoisotopic (exact) mass is 318 g/mol. The Balaban J connectivity index is 1.68. The minimum absolute atomic E-state index is 0.276. The average molecular weight is 318 g/mol. The summed E-state index contributed by atoms with van der Waals surface area (Å²) in [5.41, 5.74) is 5.30. The number of fused-ring (bicyclic) bond motifs is 1. The van der Waals surface area contributed by atoms with E-state index in [-0.39, 0.29) is 6.04 Å². The van der Waals surface area contributed by atoms with Crippen LogP contribution in [-0.2, 0) is 26.4 Å². The lowest BCUT2D eigenvalue weighted by Crippen LogP contribution is -2.21. The third kappa shape index (κ3) is 3.10. The Labute approximate surface area is 137 Å². The Kier molecular flexibility index (Phi) is 4.64. The van der Waals surface area contributed by atoms with Gasteiger partial charge in [-0.3, -0.25) is 4.68 Å². The van der Waals surface area contributed by atoms with Crippen molar-refractivity contribution in [1.82, 2.24) is 20.1 Å². The first-order valence-electron chi connectivity index (χ1n) is 8.28. The fraction of sp³-hybridized carbons (Fsp3) is 0.647. The van der Waals surface area contributed by atoms with Crippen LogP contribution in [0.15, 0.2) is 5.38 Å². The topological polar surface area (TPSA) is 42.7 Å². The van der Waals surface area contributed by atoms with Crippen LogP contribution >= 0.6 is 11.3 Å². The molecule has 1 aliphatic carbocycles. The van der Waals surface area contributed by atoms with E-state index in [1.165, 1.54) is 41.2 Å². The van der Waals surface area contributed by atoms with E-state index in [1.54, 1.807) is 11.3 Å². The van der Waals surface area contributed by atoms with Crippen LogP contribution in [0.2, 0.25) is 0 Å². The Bertz CT molecular complexity index is 641. The minimum Gasteiger partial charge on any atom is -0.303 e. The van der Waals surface area contributed by atoms with E-state index in [0.29, 0.717) is 5.92 Å². The number of aryl methyl sites for hydroxylation is 2. The molecule has 0 saturated carbocycles. The molecular formula is C17H26N4S. The molecule has 0 spiro atoms. The zero-order valence-corrected chi connectivity index (χ0v) is 14.8. The van der Waals surface area contributed by atoms with Crippen molar-refractivity contribution in [1.29, 1.82) is 0 Å². The van der Waals surface area contributed by atoms with Crippen molar-refractivity contribution in [2.24, 2.45) is 7.05 Å². The highest BCUT2D eigenvalue weighted by molar-refractivity contribution is 7.09. The number of nitrogens with zero attached hydrogens (tertiary/aromatic N) is 3. The minimum atomic E-state index is 0.276. The normalized spacial score (nSPS) is 16.0. The summed E-state index contributed by atoms with van der Waals surface area (Å²) in [4.78, 5) is 4.75. The second-order valence-corrected chi connectivity index (χ2v) is 7.46. The van der Waals surface area contributed by atoms with E-state index in [9.17, 15) is 0 Å². The van der Waals surface area contributed by atoms with Crippen LogP contribution in [0.1, 0.15) is 73.2 Å². The maximum Gasteiger partial charge on any atom is 0.0954 e. The Morgan fingerprint density at radius 3 is 2.77 bits per heavy atom. The van der Waals surface area contributed by atoms with Crippen molar-refractivity contribution in [2.45, 2.75) is 65.0 Å². The summed E-state index contributed by atoms with van der Waals surface area (Å²) in [6.07, 6.45) is 4.90.